The van der Waals surface area contributed by atoms with Gasteiger partial charge < -0.3 is 4.90 Å². The van der Waals surface area contributed by atoms with E-state index in [2.05, 4.69) is 37.5 Å². The van der Waals surface area contributed by atoms with Gasteiger partial charge in [-0.2, -0.15) is 0 Å². The van der Waals surface area contributed by atoms with E-state index in [1.54, 1.807) is 0 Å². The monoisotopic (exact) mass is 284 g/mol. The average Bonchev–Trinajstić information content (AvgIpc) is 2.41. The molecule has 0 aliphatic carbocycles. The van der Waals surface area contributed by atoms with Crippen LogP contribution in [0.1, 0.15) is 47.0 Å². The summed E-state index contributed by atoms with van der Waals surface area (Å²) in [7, 11) is 0. The Bertz CT molecular complexity index is 285. The van der Waals surface area contributed by atoms with Crippen LogP contribution >= 0.6 is 0 Å². The molecular formula is C17H33FN2. The maximum Gasteiger partial charge on any atom is 0.117 e. The lowest BCUT2D eigenvalue weighted by atomic mass is 9.86. The molecule has 0 saturated carbocycles. The van der Waals surface area contributed by atoms with Gasteiger partial charge in [0.2, 0.25) is 0 Å². The van der Waals surface area contributed by atoms with Crippen LogP contribution in [0.25, 0.3) is 0 Å². The van der Waals surface area contributed by atoms with Gasteiger partial charge in [0, 0.05) is 25.0 Å². The Morgan fingerprint density at radius 1 is 1.00 bits per heavy atom. The first-order chi connectivity index (χ1) is 9.47. The minimum absolute atomic E-state index is 0.264. The first-order valence-electron chi connectivity index (χ1n) is 8.57. The second kappa shape index (κ2) is 7.22. The van der Waals surface area contributed by atoms with Crippen LogP contribution in [-0.2, 0) is 0 Å². The van der Waals surface area contributed by atoms with Gasteiger partial charge in [-0.1, -0.05) is 13.8 Å². The number of hydrogen-bond acceptors (Lipinski definition) is 2. The number of rotatable bonds is 4. The summed E-state index contributed by atoms with van der Waals surface area (Å²) in [6.07, 6.45) is 3.01. The SMILES string of the molecule is CC(C)C1CCN(C[C@H]2CCN(C(C)C)C[C@H]2F)CC1. The minimum atomic E-state index is -0.631. The largest absolute Gasteiger partial charge is 0.303 e. The smallest absolute Gasteiger partial charge is 0.117 e. The summed E-state index contributed by atoms with van der Waals surface area (Å²) in [6.45, 7) is 14.1. The van der Waals surface area contributed by atoms with Crippen LogP contribution in [0, 0.1) is 17.8 Å². The van der Waals surface area contributed by atoms with Crippen molar-refractivity contribution in [1.29, 1.82) is 0 Å². The molecule has 0 amide bonds. The highest BCUT2D eigenvalue weighted by molar-refractivity contribution is 4.85. The molecule has 2 aliphatic heterocycles. The van der Waals surface area contributed by atoms with Gasteiger partial charge in [0.15, 0.2) is 0 Å². The summed E-state index contributed by atoms with van der Waals surface area (Å²) in [5.74, 6) is 1.95. The molecule has 2 atom stereocenters. The molecular weight excluding hydrogens is 251 g/mol. The summed E-state index contributed by atoms with van der Waals surface area (Å²) < 4.78 is 14.4. The highest BCUT2D eigenvalue weighted by atomic mass is 19.1. The van der Waals surface area contributed by atoms with Crippen LogP contribution in [0.4, 0.5) is 4.39 Å². The average molecular weight is 284 g/mol. The van der Waals surface area contributed by atoms with Gasteiger partial charge in [0.1, 0.15) is 6.17 Å². The first kappa shape index (κ1) is 16.2. The van der Waals surface area contributed by atoms with E-state index in [-0.39, 0.29) is 5.92 Å². The van der Waals surface area contributed by atoms with Gasteiger partial charge in [-0.15, -0.1) is 0 Å². The number of alkyl halides is 1. The Morgan fingerprint density at radius 3 is 2.15 bits per heavy atom. The van der Waals surface area contributed by atoms with E-state index in [0.717, 1.165) is 31.3 Å². The highest BCUT2D eigenvalue weighted by Crippen LogP contribution is 2.28. The van der Waals surface area contributed by atoms with Crippen LogP contribution in [0.3, 0.4) is 0 Å². The van der Waals surface area contributed by atoms with E-state index in [9.17, 15) is 4.39 Å². The van der Waals surface area contributed by atoms with Crippen LogP contribution in [0.2, 0.25) is 0 Å². The third-order valence-corrected chi connectivity index (χ3v) is 5.51. The molecule has 2 saturated heterocycles. The topological polar surface area (TPSA) is 6.48 Å². The molecule has 2 heterocycles. The number of halogens is 1. The molecule has 0 N–H and O–H groups in total. The van der Waals surface area contributed by atoms with Crippen molar-refractivity contribution in [2.45, 2.75) is 59.2 Å². The first-order valence-corrected chi connectivity index (χ1v) is 8.57. The van der Waals surface area contributed by atoms with Crippen molar-refractivity contribution in [3.63, 3.8) is 0 Å². The molecule has 0 spiro atoms. The van der Waals surface area contributed by atoms with Crippen LogP contribution in [-0.4, -0.2) is 54.7 Å². The predicted octanol–water partition coefficient (Wildman–Crippen LogP) is 3.42. The molecule has 20 heavy (non-hydrogen) atoms. The third-order valence-electron chi connectivity index (χ3n) is 5.51. The molecule has 3 heteroatoms. The molecule has 0 radical (unpaired) electrons. The van der Waals surface area contributed by atoms with Crippen molar-refractivity contribution in [2.24, 2.45) is 17.8 Å². The van der Waals surface area contributed by atoms with Crippen LogP contribution in [0.5, 0.6) is 0 Å². The molecule has 0 aromatic rings. The summed E-state index contributed by atoms with van der Waals surface area (Å²) in [5.41, 5.74) is 0. The summed E-state index contributed by atoms with van der Waals surface area (Å²) in [5, 5.41) is 0. The Labute approximate surface area is 124 Å². The van der Waals surface area contributed by atoms with Gasteiger partial charge in [0.05, 0.1) is 0 Å². The number of hydrogen-bond donors (Lipinski definition) is 0. The lowest BCUT2D eigenvalue weighted by Gasteiger charge is -2.41. The normalized spacial score (nSPS) is 31.4. The maximum atomic E-state index is 14.4. The van der Waals surface area contributed by atoms with E-state index in [4.69, 9.17) is 0 Å². The fourth-order valence-corrected chi connectivity index (χ4v) is 3.79. The lowest BCUT2D eigenvalue weighted by molar-refractivity contribution is 0.0368. The molecule has 0 bridgehead atoms. The van der Waals surface area contributed by atoms with Crippen molar-refractivity contribution in [3.05, 3.63) is 0 Å². The van der Waals surface area contributed by atoms with Crippen molar-refractivity contribution in [1.82, 2.24) is 9.80 Å². The van der Waals surface area contributed by atoms with Gasteiger partial charge in [-0.05, 0) is 64.6 Å². The van der Waals surface area contributed by atoms with E-state index < -0.39 is 6.17 Å². The molecule has 2 fully saturated rings. The maximum absolute atomic E-state index is 14.4. The fraction of sp³-hybridized carbons (Fsp3) is 1.00. The van der Waals surface area contributed by atoms with Crippen molar-refractivity contribution >= 4 is 0 Å². The summed E-state index contributed by atoms with van der Waals surface area (Å²) >= 11 is 0. The second-order valence-electron chi connectivity index (χ2n) is 7.54. The van der Waals surface area contributed by atoms with Crippen molar-refractivity contribution in [2.75, 3.05) is 32.7 Å². The summed E-state index contributed by atoms with van der Waals surface area (Å²) in [4.78, 5) is 4.80. The zero-order valence-corrected chi connectivity index (χ0v) is 13.8. The molecule has 0 aromatic heterocycles. The Kier molecular flexibility index (Phi) is 5.85. The Morgan fingerprint density at radius 2 is 1.65 bits per heavy atom. The van der Waals surface area contributed by atoms with E-state index in [1.807, 2.05) is 0 Å². The quantitative estimate of drug-likeness (QED) is 0.780. The van der Waals surface area contributed by atoms with Crippen molar-refractivity contribution in [3.8, 4) is 0 Å². The predicted molar refractivity (Wildman–Crippen MR) is 83.7 cm³/mol. The van der Waals surface area contributed by atoms with Gasteiger partial charge in [-0.25, -0.2) is 4.39 Å². The van der Waals surface area contributed by atoms with Crippen LogP contribution in [0.15, 0.2) is 0 Å². The molecule has 2 rings (SSSR count). The lowest BCUT2D eigenvalue weighted by Crippen LogP contribution is -2.49. The fourth-order valence-electron chi connectivity index (χ4n) is 3.79. The second-order valence-corrected chi connectivity index (χ2v) is 7.54. The zero-order chi connectivity index (χ0) is 14.7. The van der Waals surface area contributed by atoms with Crippen molar-refractivity contribution < 1.29 is 4.39 Å². The van der Waals surface area contributed by atoms with Gasteiger partial charge >= 0.3 is 0 Å². The Balaban J connectivity index is 1.75. The minimum Gasteiger partial charge on any atom is -0.303 e. The highest BCUT2D eigenvalue weighted by Gasteiger charge is 2.32. The van der Waals surface area contributed by atoms with E-state index >= 15 is 0 Å². The van der Waals surface area contributed by atoms with Gasteiger partial charge in [0.25, 0.3) is 0 Å². The standard InChI is InChI=1S/C17H33FN2/c1-13(2)15-5-8-19(9-6-15)11-16-7-10-20(14(3)4)12-17(16)18/h13-17H,5-12H2,1-4H3/t16-,17-/m1/s1. The number of piperidine rings is 2. The molecule has 0 unspecified atom stereocenters. The zero-order valence-electron chi connectivity index (χ0n) is 13.8. The number of likely N-dealkylation sites (tertiary alicyclic amines) is 2. The molecule has 2 nitrogen and oxygen atoms in total. The molecule has 118 valence electrons. The number of nitrogens with zero attached hydrogens (tertiary/aromatic N) is 2. The third kappa shape index (κ3) is 4.17. The molecule has 0 aromatic carbocycles. The molecule has 2 aliphatic rings. The Hall–Kier alpha value is -0.150. The van der Waals surface area contributed by atoms with Gasteiger partial charge in [-0.3, -0.25) is 4.90 Å². The van der Waals surface area contributed by atoms with E-state index in [1.165, 1.54) is 25.9 Å². The van der Waals surface area contributed by atoms with Crippen LogP contribution < -0.4 is 0 Å². The van der Waals surface area contributed by atoms with E-state index in [0.29, 0.717) is 12.6 Å². The summed E-state index contributed by atoms with van der Waals surface area (Å²) in [6, 6.07) is 0.482.